The first-order chi connectivity index (χ1) is 9.60. The summed E-state index contributed by atoms with van der Waals surface area (Å²) in [6.07, 6.45) is -7.26. The Morgan fingerprint density at radius 2 is 1.38 bits per heavy atom. The molecule has 1 atom stereocenters. The third-order valence-electron chi connectivity index (χ3n) is 3.69. The van der Waals surface area contributed by atoms with E-state index < -0.39 is 23.1 Å². The molecule has 0 radical (unpaired) electrons. The van der Waals surface area contributed by atoms with Crippen molar-refractivity contribution >= 4 is 15.9 Å². The van der Waals surface area contributed by atoms with E-state index in [1.54, 1.807) is 6.07 Å². The van der Waals surface area contributed by atoms with Crippen molar-refractivity contribution in [1.82, 2.24) is 0 Å². The number of alkyl halides is 7. The summed E-state index contributed by atoms with van der Waals surface area (Å²) in [6.45, 7) is 0. The van der Waals surface area contributed by atoms with E-state index in [1.807, 2.05) is 0 Å². The van der Waals surface area contributed by atoms with E-state index in [1.165, 1.54) is 12.1 Å². The summed E-state index contributed by atoms with van der Waals surface area (Å²) >= 11 is 2.61. The molecule has 0 saturated carbocycles. The Kier molecular flexibility index (Phi) is 4.61. The number of benzene rings is 1. The summed E-state index contributed by atoms with van der Waals surface area (Å²) in [5.41, 5.74) is 1.89. The van der Waals surface area contributed by atoms with E-state index in [0.717, 1.165) is 30.4 Å². The molecule has 0 N–H and O–H groups in total. The molecule has 0 fully saturated rings. The summed E-state index contributed by atoms with van der Waals surface area (Å²) < 4.78 is 76.4. The molecule has 118 valence electrons. The highest BCUT2D eigenvalue weighted by Crippen LogP contribution is 2.50. The fourth-order valence-electron chi connectivity index (χ4n) is 2.63. The van der Waals surface area contributed by atoms with Crippen molar-refractivity contribution < 1.29 is 26.3 Å². The highest BCUT2D eigenvalue weighted by Gasteiger charge is 2.60. The fourth-order valence-corrected chi connectivity index (χ4v) is 3.52. The van der Waals surface area contributed by atoms with Gasteiger partial charge in [0.25, 0.3) is 0 Å². The van der Waals surface area contributed by atoms with Gasteiger partial charge in [0.1, 0.15) is 0 Å². The third kappa shape index (κ3) is 3.73. The van der Waals surface area contributed by atoms with E-state index in [-0.39, 0.29) is 5.56 Å². The quantitative estimate of drug-likeness (QED) is 0.457. The second kappa shape index (κ2) is 5.82. The number of hydrogen-bond donors (Lipinski definition) is 0. The van der Waals surface area contributed by atoms with Gasteiger partial charge in [-0.05, 0) is 42.4 Å². The SMILES string of the molecule is FC(F)(F)C(C(Br)c1ccc2c(c1)CCCC2)C(F)(F)F. The molecule has 1 aliphatic rings. The maximum atomic E-state index is 12.7. The zero-order valence-electron chi connectivity index (χ0n) is 10.9. The van der Waals surface area contributed by atoms with Gasteiger partial charge in [0, 0.05) is 0 Å². The van der Waals surface area contributed by atoms with Gasteiger partial charge in [-0.2, -0.15) is 26.3 Å². The highest BCUT2D eigenvalue weighted by atomic mass is 79.9. The molecule has 2 rings (SSSR count). The van der Waals surface area contributed by atoms with Crippen LogP contribution in [0.1, 0.15) is 34.4 Å². The summed E-state index contributed by atoms with van der Waals surface area (Å²) in [5.74, 6) is -3.41. The van der Waals surface area contributed by atoms with E-state index in [4.69, 9.17) is 0 Å². The average molecular weight is 375 g/mol. The van der Waals surface area contributed by atoms with Crippen LogP contribution in [0.25, 0.3) is 0 Å². The molecule has 0 heterocycles. The molecule has 0 aromatic heterocycles. The molecule has 1 unspecified atom stereocenters. The zero-order valence-corrected chi connectivity index (χ0v) is 12.4. The Morgan fingerprint density at radius 3 is 1.90 bits per heavy atom. The summed E-state index contributed by atoms with van der Waals surface area (Å²) in [4.78, 5) is -1.83. The molecule has 0 spiro atoms. The van der Waals surface area contributed by atoms with E-state index >= 15 is 0 Å². The Hall–Kier alpha value is -0.720. The van der Waals surface area contributed by atoms with Crippen LogP contribution in [-0.4, -0.2) is 12.4 Å². The van der Waals surface area contributed by atoms with Gasteiger partial charge in [0.15, 0.2) is 5.92 Å². The fraction of sp³-hybridized carbons (Fsp3) is 0.571. The molecule has 0 bridgehead atoms. The van der Waals surface area contributed by atoms with E-state index in [2.05, 4.69) is 15.9 Å². The molecule has 0 aliphatic heterocycles. The first-order valence-corrected chi connectivity index (χ1v) is 7.41. The number of hydrogen-bond acceptors (Lipinski definition) is 0. The lowest BCUT2D eigenvalue weighted by molar-refractivity contribution is -0.283. The predicted molar refractivity (Wildman–Crippen MR) is 70.4 cm³/mol. The second-order valence-corrected chi connectivity index (χ2v) is 6.18. The number of aryl methyl sites for hydroxylation is 2. The van der Waals surface area contributed by atoms with Crippen LogP contribution < -0.4 is 0 Å². The van der Waals surface area contributed by atoms with Crippen molar-refractivity contribution in [3.05, 3.63) is 34.9 Å². The molecular weight excluding hydrogens is 362 g/mol. The van der Waals surface area contributed by atoms with Crippen LogP contribution in [0.4, 0.5) is 26.3 Å². The molecule has 0 nitrogen and oxygen atoms in total. The Morgan fingerprint density at radius 1 is 0.857 bits per heavy atom. The lowest BCUT2D eigenvalue weighted by atomic mass is 9.88. The Bertz CT molecular complexity index is 491. The van der Waals surface area contributed by atoms with Crippen molar-refractivity contribution in [3.63, 3.8) is 0 Å². The number of fused-ring (bicyclic) bond motifs is 1. The van der Waals surface area contributed by atoms with Gasteiger partial charge in [-0.15, -0.1) is 0 Å². The van der Waals surface area contributed by atoms with Crippen LogP contribution in [0.3, 0.4) is 0 Å². The smallest absolute Gasteiger partial charge is 0.170 e. The van der Waals surface area contributed by atoms with Gasteiger partial charge in [-0.3, -0.25) is 0 Å². The summed E-state index contributed by atoms with van der Waals surface area (Å²) in [7, 11) is 0. The lowest BCUT2D eigenvalue weighted by Crippen LogP contribution is -2.39. The Labute approximate surface area is 126 Å². The maximum Gasteiger partial charge on any atom is 0.401 e. The normalized spacial score (nSPS) is 17.7. The van der Waals surface area contributed by atoms with Crippen molar-refractivity contribution in [2.75, 3.05) is 0 Å². The van der Waals surface area contributed by atoms with Gasteiger partial charge in [-0.25, -0.2) is 0 Å². The highest BCUT2D eigenvalue weighted by molar-refractivity contribution is 9.09. The first kappa shape index (κ1) is 16.6. The molecule has 7 heteroatoms. The van der Waals surface area contributed by atoms with Crippen LogP contribution >= 0.6 is 15.9 Å². The van der Waals surface area contributed by atoms with Crippen molar-refractivity contribution in [3.8, 4) is 0 Å². The van der Waals surface area contributed by atoms with Crippen LogP contribution in [0, 0.1) is 5.92 Å². The minimum Gasteiger partial charge on any atom is -0.170 e. The second-order valence-electron chi connectivity index (χ2n) is 5.20. The maximum absolute atomic E-state index is 12.7. The molecular formula is C14H13BrF6. The van der Waals surface area contributed by atoms with Crippen molar-refractivity contribution in [2.24, 2.45) is 5.92 Å². The van der Waals surface area contributed by atoms with Gasteiger partial charge in [-0.1, -0.05) is 34.1 Å². The van der Waals surface area contributed by atoms with E-state index in [0.29, 0.717) is 6.42 Å². The summed E-state index contributed by atoms with van der Waals surface area (Å²) in [6, 6.07) is 4.47. The summed E-state index contributed by atoms with van der Waals surface area (Å²) in [5, 5.41) is 0. The van der Waals surface area contributed by atoms with Crippen LogP contribution in [0.2, 0.25) is 0 Å². The zero-order chi connectivity index (χ0) is 15.8. The lowest BCUT2D eigenvalue weighted by Gasteiger charge is -2.28. The minimum atomic E-state index is -5.34. The molecule has 1 aromatic rings. The van der Waals surface area contributed by atoms with Crippen LogP contribution in [0.5, 0.6) is 0 Å². The topological polar surface area (TPSA) is 0 Å². The monoisotopic (exact) mass is 374 g/mol. The molecule has 21 heavy (non-hydrogen) atoms. The Balaban J connectivity index is 2.35. The van der Waals surface area contributed by atoms with Gasteiger partial charge in [0.2, 0.25) is 0 Å². The minimum absolute atomic E-state index is 0.0234. The van der Waals surface area contributed by atoms with E-state index in [9.17, 15) is 26.3 Å². The molecule has 1 aliphatic carbocycles. The van der Waals surface area contributed by atoms with Crippen molar-refractivity contribution in [2.45, 2.75) is 42.9 Å². The molecule has 0 saturated heterocycles. The van der Waals surface area contributed by atoms with Crippen LogP contribution in [0.15, 0.2) is 18.2 Å². The predicted octanol–water partition coefficient (Wildman–Crippen LogP) is 5.74. The van der Waals surface area contributed by atoms with Gasteiger partial charge in [0.05, 0.1) is 4.83 Å². The largest absolute Gasteiger partial charge is 0.401 e. The molecule has 1 aromatic carbocycles. The van der Waals surface area contributed by atoms with Gasteiger partial charge >= 0.3 is 12.4 Å². The number of rotatable bonds is 2. The van der Waals surface area contributed by atoms with Crippen molar-refractivity contribution in [1.29, 1.82) is 0 Å². The molecule has 0 amide bonds. The van der Waals surface area contributed by atoms with Gasteiger partial charge < -0.3 is 0 Å². The third-order valence-corrected chi connectivity index (χ3v) is 4.75. The average Bonchev–Trinajstić information content (AvgIpc) is 2.34. The first-order valence-electron chi connectivity index (χ1n) is 6.50. The standard InChI is InChI=1S/C14H13BrF6/c15-11(12(13(16,17)18)14(19,20)21)10-6-5-8-3-1-2-4-9(8)7-10/h5-7,11-12H,1-4H2. The number of halogens is 7. The van der Waals surface area contributed by atoms with Crippen LogP contribution in [-0.2, 0) is 12.8 Å².